The molecule has 1 N–H and O–H groups in total. The maximum absolute atomic E-state index is 13.0. The van der Waals surface area contributed by atoms with Crippen LogP contribution in [-0.4, -0.2) is 69.9 Å². The zero-order valence-electron chi connectivity index (χ0n) is 15.1. The monoisotopic (exact) mass is 404 g/mol. The smallest absolute Gasteiger partial charge is 0.264 e. The third-order valence-corrected chi connectivity index (χ3v) is 6.25. The van der Waals surface area contributed by atoms with Gasteiger partial charge in [0.1, 0.15) is 4.83 Å². The van der Waals surface area contributed by atoms with Gasteiger partial charge in [-0.3, -0.25) is 9.69 Å². The molecule has 0 spiro atoms. The second-order valence-electron chi connectivity index (χ2n) is 6.66. The number of β-amino-alcohol motifs (C(OH)–C–C–N with tert-alkyl or cyclic N) is 1. The number of halogens is 1. The quantitative estimate of drug-likeness (QED) is 0.726. The summed E-state index contributed by atoms with van der Waals surface area (Å²) in [7, 11) is 0. The predicted octanol–water partition coefficient (Wildman–Crippen LogP) is 2.80. The fourth-order valence-electron chi connectivity index (χ4n) is 3.38. The largest absolute Gasteiger partial charge is 0.395 e. The van der Waals surface area contributed by atoms with E-state index in [-0.39, 0.29) is 12.5 Å². The van der Waals surface area contributed by atoms with E-state index < -0.39 is 0 Å². The van der Waals surface area contributed by atoms with Gasteiger partial charge in [-0.15, -0.1) is 11.3 Å². The molecule has 1 aliphatic heterocycles. The SMILES string of the molecule is Cc1nn(-c2ccc(Cl)cc2)c2sc(C(=O)N3CCN(CCO)CC3)cc12. The molecule has 1 aliphatic rings. The molecule has 0 atom stereocenters. The van der Waals surface area contributed by atoms with Gasteiger partial charge in [-0.25, -0.2) is 4.68 Å². The second kappa shape index (κ2) is 7.59. The van der Waals surface area contributed by atoms with E-state index in [4.69, 9.17) is 16.7 Å². The number of nitrogens with zero attached hydrogens (tertiary/aromatic N) is 4. The van der Waals surface area contributed by atoms with Gasteiger partial charge in [-0.1, -0.05) is 11.6 Å². The highest BCUT2D eigenvalue weighted by Crippen LogP contribution is 2.31. The molecule has 1 amide bonds. The molecule has 0 radical (unpaired) electrons. The summed E-state index contributed by atoms with van der Waals surface area (Å²) in [5, 5.41) is 15.4. The Morgan fingerprint density at radius 3 is 2.59 bits per heavy atom. The predicted molar refractivity (Wildman–Crippen MR) is 108 cm³/mol. The lowest BCUT2D eigenvalue weighted by Crippen LogP contribution is -2.49. The van der Waals surface area contributed by atoms with Crippen molar-refractivity contribution in [3.8, 4) is 5.69 Å². The average molecular weight is 405 g/mol. The number of benzene rings is 1. The van der Waals surface area contributed by atoms with Crippen LogP contribution in [0.1, 0.15) is 15.4 Å². The van der Waals surface area contributed by atoms with Crippen molar-refractivity contribution < 1.29 is 9.90 Å². The minimum atomic E-state index is 0.0712. The third-order valence-electron chi connectivity index (χ3n) is 4.90. The van der Waals surface area contributed by atoms with E-state index in [1.54, 1.807) is 0 Å². The van der Waals surface area contributed by atoms with Crippen molar-refractivity contribution in [1.82, 2.24) is 19.6 Å². The minimum Gasteiger partial charge on any atom is -0.395 e. The van der Waals surface area contributed by atoms with Crippen molar-refractivity contribution in [2.24, 2.45) is 0 Å². The molecule has 3 heterocycles. The Morgan fingerprint density at radius 1 is 1.22 bits per heavy atom. The number of thiophene rings is 1. The molecule has 27 heavy (non-hydrogen) atoms. The van der Waals surface area contributed by atoms with Gasteiger partial charge in [-0.2, -0.15) is 5.10 Å². The molecule has 3 aromatic rings. The number of fused-ring (bicyclic) bond motifs is 1. The number of aliphatic hydroxyl groups is 1. The van der Waals surface area contributed by atoms with Gasteiger partial charge >= 0.3 is 0 Å². The number of rotatable bonds is 4. The maximum atomic E-state index is 13.0. The van der Waals surface area contributed by atoms with Crippen LogP contribution in [-0.2, 0) is 0 Å². The Balaban J connectivity index is 1.59. The molecule has 6 nitrogen and oxygen atoms in total. The van der Waals surface area contributed by atoms with Gasteiger partial charge in [-0.05, 0) is 37.3 Å². The molecule has 0 bridgehead atoms. The second-order valence-corrected chi connectivity index (χ2v) is 8.13. The Labute approximate surface area is 166 Å². The van der Waals surface area contributed by atoms with Crippen LogP contribution in [0, 0.1) is 6.92 Å². The van der Waals surface area contributed by atoms with Crippen LogP contribution in [0.25, 0.3) is 15.9 Å². The lowest BCUT2D eigenvalue weighted by Gasteiger charge is -2.34. The highest BCUT2D eigenvalue weighted by atomic mass is 35.5. The van der Waals surface area contributed by atoms with E-state index in [0.717, 1.165) is 39.6 Å². The number of amides is 1. The summed E-state index contributed by atoms with van der Waals surface area (Å²) in [5.41, 5.74) is 1.83. The molecule has 0 unspecified atom stereocenters. The summed E-state index contributed by atoms with van der Waals surface area (Å²) < 4.78 is 1.88. The van der Waals surface area contributed by atoms with Gasteiger partial charge in [0.25, 0.3) is 5.91 Å². The first kappa shape index (κ1) is 18.4. The Bertz CT molecular complexity index is 958. The fraction of sp³-hybridized carbons (Fsp3) is 0.368. The summed E-state index contributed by atoms with van der Waals surface area (Å²) in [6.45, 7) is 5.77. The number of aromatic nitrogens is 2. The summed E-state index contributed by atoms with van der Waals surface area (Å²) >= 11 is 7.47. The van der Waals surface area contributed by atoms with E-state index >= 15 is 0 Å². The topological polar surface area (TPSA) is 61.6 Å². The number of carbonyl (C=O) groups excluding carboxylic acids is 1. The molecular formula is C19H21ClN4O2S. The zero-order chi connectivity index (χ0) is 19.0. The Morgan fingerprint density at radius 2 is 1.93 bits per heavy atom. The van der Waals surface area contributed by atoms with Crippen LogP contribution in [0.15, 0.2) is 30.3 Å². The van der Waals surface area contributed by atoms with Crippen molar-refractivity contribution in [1.29, 1.82) is 0 Å². The van der Waals surface area contributed by atoms with Gasteiger partial charge in [0.2, 0.25) is 0 Å². The summed E-state index contributed by atoms with van der Waals surface area (Å²) in [6.07, 6.45) is 0. The van der Waals surface area contributed by atoms with Gasteiger partial charge < -0.3 is 10.0 Å². The molecular weight excluding hydrogens is 384 g/mol. The fourth-order valence-corrected chi connectivity index (χ4v) is 4.66. The standard InChI is InChI=1S/C19H21ClN4O2S/c1-13-16-12-17(18(26)23-8-6-22(7-9-23)10-11-25)27-19(16)24(21-13)15-4-2-14(20)3-5-15/h2-5,12,25H,6-11H2,1H3. The first-order valence-electron chi connectivity index (χ1n) is 8.94. The van der Waals surface area contributed by atoms with Crippen LogP contribution in [0.3, 0.4) is 0 Å². The van der Waals surface area contributed by atoms with Gasteiger partial charge in [0.15, 0.2) is 0 Å². The molecule has 1 saturated heterocycles. The maximum Gasteiger partial charge on any atom is 0.264 e. The molecule has 1 fully saturated rings. The summed E-state index contributed by atoms with van der Waals surface area (Å²) in [6, 6.07) is 9.49. The van der Waals surface area contributed by atoms with E-state index in [0.29, 0.717) is 24.7 Å². The molecule has 4 rings (SSSR count). The lowest BCUT2D eigenvalue weighted by atomic mass is 10.2. The van der Waals surface area contributed by atoms with Crippen molar-refractivity contribution in [3.05, 3.63) is 45.9 Å². The van der Waals surface area contributed by atoms with Crippen LogP contribution >= 0.6 is 22.9 Å². The Kier molecular flexibility index (Phi) is 5.19. The van der Waals surface area contributed by atoms with Crippen molar-refractivity contribution in [2.75, 3.05) is 39.3 Å². The van der Waals surface area contributed by atoms with E-state index in [1.165, 1.54) is 11.3 Å². The Hall–Kier alpha value is -1.93. The van der Waals surface area contributed by atoms with Crippen molar-refractivity contribution in [3.63, 3.8) is 0 Å². The number of hydrogen-bond donors (Lipinski definition) is 1. The highest BCUT2D eigenvalue weighted by molar-refractivity contribution is 7.20. The number of aryl methyl sites for hydroxylation is 1. The van der Waals surface area contributed by atoms with Crippen LogP contribution in [0.2, 0.25) is 5.02 Å². The van der Waals surface area contributed by atoms with Gasteiger partial charge in [0.05, 0.1) is 22.9 Å². The minimum absolute atomic E-state index is 0.0712. The van der Waals surface area contributed by atoms with E-state index in [1.807, 2.05) is 46.8 Å². The first-order chi connectivity index (χ1) is 13.1. The molecule has 1 aromatic carbocycles. The molecule has 0 aliphatic carbocycles. The summed E-state index contributed by atoms with van der Waals surface area (Å²) in [4.78, 5) is 18.7. The van der Waals surface area contributed by atoms with E-state index in [2.05, 4.69) is 10.00 Å². The molecule has 142 valence electrons. The lowest BCUT2D eigenvalue weighted by molar-refractivity contribution is 0.0619. The average Bonchev–Trinajstić information content (AvgIpc) is 3.24. The normalized spacial score (nSPS) is 15.6. The van der Waals surface area contributed by atoms with Gasteiger partial charge in [0, 0.05) is 43.1 Å². The number of aliphatic hydroxyl groups excluding tert-OH is 1. The summed E-state index contributed by atoms with van der Waals surface area (Å²) in [5.74, 6) is 0.0712. The third kappa shape index (κ3) is 3.60. The number of hydrogen-bond acceptors (Lipinski definition) is 5. The molecule has 0 saturated carbocycles. The number of carbonyl (C=O) groups is 1. The van der Waals surface area contributed by atoms with Crippen molar-refractivity contribution in [2.45, 2.75) is 6.92 Å². The van der Waals surface area contributed by atoms with E-state index in [9.17, 15) is 4.79 Å². The van der Waals surface area contributed by atoms with Crippen LogP contribution < -0.4 is 0 Å². The molecule has 8 heteroatoms. The van der Waals surface area contributed by atoms with Crippen LogP contribution in [0.5, 0.6) is 0 Å². The first-order valence-corrected chi connectivity index (χ1v) is 10.1. The van der Waals surface area contributed by atoms with Crippen molar-refractivity contribution >= 4 is 39.1 Å². The number of piperazine rings is 1. The molecule has 2 aromatic heterocycles. The highest BCUT2D eigenvalue weighted by Gasteiger charge is 2.24. The zero-order valence-corrected chi connectivity index (χ0v) is 16.6. The van der Waals surface area contributed by atoms with Crippen LogP contribution in [0.4, 0.5) is 0 Å².